The Morgan fingerprint density at radius 3 is 0.971 bits per heavy atom. The molecule has 0 aromatic heterocycles. The van der Waals surface area contributed by atoms with E-state index in [-0.39, 0.29) is 0 Å². The van der Waals surface area contributed by atoms with Gasteiger partial charge in [-0.05, 0) is 31.8 Å². The van der Waals surface area contributed by atoms with E-state index in [0.29, 0.717) is 0 Å². The van der Waals surface area contributed by atoms with Gasteiger partial charge in [-0.2, -0.15) is 0 Å². The van der Waals surface area contributed by atoms with Crippen LogP contribution in [0, 0.1) is 6.08 Å². The molecule has 0 bridgehead atoms. The Hall–Kier alpha value is -0.520. The molecule has 0 aliphatic rings. The molecule has 0 unspecified atom stereocenters. The van der Waals surface area contributed by atoms with Crippen LogP contribution < -0.4 is 0 Å². The third-order valence-corrected chi connectivity index (χ3v) is 7.51. The fraction of sp³-hybridized carbons (Fsp3) is 0.886. The van der Waals surface area contributed by atoms with E-state index in [0.717, 1.165) is 0 Å². The van der Waals surface area contributed by atoms with E-state index in [4.69, 9.17) is 0 Å². The zero-order valence-corrected chi connectivity index (χ0v) is 24.7. The van der Waals surface area contributed by atoms with Gasteiger partial charge in [0.05, 0.1) is 0 Å². The van der Waals surface area contributed by atoms with Gasteiger partial charge in [0, 0.05) is 0 Å². The van der Waals surface area contributed by atoms with Gasteiger partial charge >= 0.3 is 0 Å². The van der Waals surface area contributed by atoms with Crippen molar-refractivity contribution in [2.75, 3.05) is 0 Å². The molecule has 0 aromatic carbocycles. The Balaban J connectivity index is 3.14. The van der Waals surface area contributed by atoms with E-state index >= 15 is 0 Å². The van der Waals surface area contributed by atoms with Crippen LogP contribution in [0.1, 0.15) is 200 Å². The highest BCUT2D eigenvalue weighted by molar-refractivity contribution is 4.94. The summed E-state index contributed by atoms with van der Waals surface area (Å²) in [6, 6.07) is 0. The first-order valence-corrected chi connectivity index (χ1v) is 16.6. The van der Waals surface area contributed by atoms with Crippen LogP contribution >= 0.6 is 0 Å². The van der Waals surface area contributed by atoms with E-state index < -0.39 is 0 Å². The van der Waals surface area contributed by atoms with Gasteiger partial charge in [0.15, 0.2) is 0 Å². The minimum atomic E-state index is 1.21. The van der Waals surface area contributed by atoms with Crippen LogP contribution in [0.3, 0.4) is 0 Å². The van der Waals surface area contributed by atoms with E-state index in [1.54, 1.807) is 0 Å². The highest BCUT2D eigenvalue weighted by atomic mass is 14.0. The second-order valence-electron chi connectivity index (χ2n) is 11.2. The van der Waals surface area contributed by atoms with Gasteiger partial charge < -0.3 is 0 Å². The van der Waals surface area contributed by atoms with Crippen LogP contribution in [0.2, 0.25) is 0 Å². The molecular weight excluding hydrogens is 420 g/mol. The lowest BCUT2D eigenvalue weighted by Crippen LogP contribution is -1.83. The van der Waals surface area contributed by atoms with Gasteiger partial charge in [-0.3, -0.25) is 0 Å². The Kier molecular flexibility index (Phi) is 33.0. The van der Waals surface area contributed by atoms with Gasteiger partial charge in [-0.25, -0.2) is 0 Å². The molecule has 0 saturated heterocycles. The van der Waals surface area contributed by atoms with Gasteiger partial charge in [0.2, 0.25) is 0 Å². The lowest BCUT2D eigenvalue weighted by Gasteiger charge is -2.02. The lowest BCUT2D eigenvalue weighted by atomic mass is 10.0. The number of unbranched alkanes of at least 4 members (excludes halogenated alkanes) is 27. The van der Waals surface area contributed by atoms with Crippen molar-refractivity contribution in [3.05, 3.63) is 24.3 Å². The van der Waals surface area contributed by atoms with Crippen LogP contribution in [-0.4, -0.2) is 0 Å². The number of allylic oxidation sites excluding steroid dienone is 4. The molecule has 35 heavy (non-hydrogen) atoms. The third-order valence-electron chi connectivity index (χ3n) is 7.51. The number of hydrogen-bond donors (Lipinski definition) is 0. The Morgan fingerprint density at radius 1 is 0.343 bits per heavy atom. The summed E-state index contributed by atoms with van der Waals surface area (Å²) in [5.74, 6) is 0. The van der Waals surface area contributed by atoms with Gasteiger partial charge in [0.1, 0.15) is 0 Å². The third kappa shape index (κ3) is 33.5. The van der Waals surface area contributed by atoms with Crippen LogP contribution in [0.15, 0.2) is 18.2 Å². The molecule has 0 amide bonds. The molecule has 1 radical (unpaired) electrons. The van der Waals surface area contributed by atoms with E-state index in [1.165, 1.54) is 186 Å². The summed E-state index contributed by atoms with van der Waals surface area (Å²) in [5.41, 5.74) is 0. The van der Waals surface area contributed by atoms with Crippen molar-refractivity contribution in [2.45, 2.75) is 200 Å². The summed E-state index contributed by atoms with van der Waals surface area (Å²) in [6.45, 7) is 4.60. The molecule has 0 saturated carbocycles. The van der Waals surface area contributed by atoms with Crippen LogP contribution in [0.5, 0.6) is 0 Å². The van der Waals surface area contributed by atoms with Crippen LogP contribution in [-0.2, 0) is 0 Å². The second kappa shape index (κ2) is 33.5. The summed E-state index contributed by atoms with van der Waals surface area (Å²) in [7, 11) is 0. The van der Waals surface area contributed by atoms with Crippen molar-refractivity contribution in [3.63, 3.8) is 0 Å². The highest BCUT2D eigenvalue weighted by Crippen LogP contribution is 2.14. The monoisotopic (exact) mass is 488 g/mol. The van der Waals surface area contributed by atoms with Gasteiger partial charge in [-0.15, -0.1) is 0 Å². The fourth-order valence-electron chi connectivity index (χ4n) is 5.02. The fourth-order valence-corrected chi connectivity index (χ4v) is 5.02. The van der Waals surface area contributed by atoms with Crippen molar-refractivity contribution < 1.29 is 0 Å². The molecule has 207 valence electrons. The van der Waals surface area contributed by atoms with E-state index in [2.05, 4.69) is 38.2 Å². The average molecular weight is 488 g/mol. The maximum atomic E-state index is 3.37. The average Bonchev–Trinajstić information content (AvgIpc) is 2.87. The van der Waals surface area contributed by atoms with Crippen LogP contribution in [0.4, 0.5) is 0 Å². The second-order valence-corrected chi connectivity index (χ2v) is 11.2. The van der Waals surface area contributed by atoms with E-state index in [9.17, 15) is 0 Å². The number of rotatable bonds is 30. The van der Waals surface area contributed by atoms with Gasteiger partial charge in [-0.1, -0.05) is 193 Å². The topological polar surface area (TPSA) is 0 Å². The first-order valence-electron chi connectivity index (χ1n) is 16.6. The first kappa shape index (κ1) is 34.5. The maximum absolute atomic E-state index is 3.37. The smallest absolute Gasteiger partial charge is 0.0230 e. The molecule has 0 fully saturated rings. The summed E-state index contributed by atoms with van der Waals surface area (Å²) < 4.78 is 0. The zero-order chi connectivity index (χ0) is 25.3. The predicted molar refractivity (Wildman–Crippen MR) is 162 cm³/mol. The molecule has 0 rings (SSSR count). The quantitative estimate of drug-likeness (QED) is 0.0697. The van der Waals surface area contributed by atoms with E-state index in [1.807, 2.05) is 0 Å². The van der Waals surface area contributed by atoms with Crippen molar-refractivity contribution in [1.29, 1.82) is 0 Å². The molecule has 0 spiro atoms. The molecule has 0 aromatic rings. The van der Waals surface area contributed by atoms with Crippen LogP contribution in [0.25, 0.3) is 0 Å². The Morgan fingerprint density at radius 2 is 0.629 bits per heavy atom. The Labute approximate surface area is 224 Å². The molecule has 0 nitrogen and oxygen atoms in total. The minimum absolute atomic E-state index is 1.21. The van der Waals surface area contributed by atoms with Gasteiger partial charge in [0.25, 0.3) is 0 Å². The lowest BCUT2D eigenvalue weighted by molar-refractivity contribution is 0.536. The number of hydrogen-bond acceptors (Lipinski definition) is 0. The molecular formula is C35H67. The molecule has 0 aliphatic carbocycles. The summed E-state index contributed by atoms with van der Waals surface area (Å²) >= 11 is 0. The van der Waals surface area contributed by atoms with Crippen molar-refractivity contribution in [2.24, 2.45) is 0 Å². The molecule has 0 aliphatic heterocycles. The summed E-state index contributed by atoms with van der Waals surface area (Å²) in [5, 5.41) is 0. The molecule has 0 N–H and O–H groups in total. The molecule has 0 heterocycles. The minimum Gasteiger partial charge on any atom is -0.0839 e. The molecule has 0 heteroatoms. The largest absolute Gasteiger partial charge is 0.0839 e. The first-order chi connectivity index (χ1) is 17.4. The standard InChI is InChI=1S/C35H67/c1-3-5-7-9-11-13-15-17-19-21-23-25-27-29-31-33-35-34-32-30-28-26-24-22-20-18-16-14-12-10-8-6-4-2/h31,34-35H,3-30,32H2,1-2H3. The zero-order valence-electron chi connectivity index (χ0n) is 24.7. The Bertz CT molecular complexity index is 404. The van der Waals surface area contributed by atoms with Crippen molar-refractivity contribution in [1.82, 2.24) is 0 Å². The molecule has 0 atom stereocenters. The summed E-state index contributed by atoms with van der Waals surface area (Å²) in [4.78, 5) is 0. The normalized spacial score (nSPS) is 11.9. The predicted octanol–water partition coefficient (Wildman–Crippen LogP) is 13.3. The van der Waals surface area contributed by atoms with Crippen molar-refractivity contribution >= 4 is 0 Å². The summed E-state index contributed by atoms with van der Waals surface area (Å²) in [6.07, 6.45) is 51.4. The SMILES string of the molecule is CCCCCCCCCCCCCCC/C=[C]/C=CCCCCCCCCCCCCCCCC. The van der Waals surface area contributed by atoms with Crippen molar-refractivity contribution in [3.8, 4) is 0 Å². The highest BCUT2D eigenvalue weighted by Gasteiger charge is 1.95. The maximum Gasteiger partial charge on any atom is -0.0230 e.